The summed E-state index contributed by atoms with van der Waals surface area (Å²) in [4.78, 5) is 62.0. The Kier molecular flexibility index (Phi) is 29.8. The quantitative estimate of drug-likeness (QED) is 0.0203. The van der Waals surface area contributed by atoms with E-state index in [4.69, 9.17) is 73.4 Å². The van der Waals surface area contributed by atoms with Crippen LogP contribution in [0.3, 0.4) is 0 Å². The number of nitrogens with two attached hydrogens (primary N) is 2. The van der Waals surface area contributed by atoms with Crippen molar-refractivity contribution in [1.29, 1.82) is 0 Å². The number of anilines is 2. The zero-order valence-electron chi connectivity index (χ0n) is 39.4. The number of rotatable bonds is 14. The van der Waals surface area contributed by atoms with Crippen molar-refractivity contribution in [2.75, 3.05) is 23.5 Å². The molecule has 22 nitrogen and oxygen atoms in total. The summed E-state index contributed by atoms with van der Waals surface area (Å²) in [5.74, 6) is -1.06. The van der Waals surface area contributed by atoms with Gasteiger partial charge >= 0.3 is 121 Å². The second kappa shape index (κ2) is 31.0. The number of nitrogens with zero attached hydrogens (tertiary/aromatic N) is 2. The summed E-state index contributed by atoms with van der Waals surface area (Å²) in [6, 6.07) is 11.5. The van der Waals surface area contributed by atoms with Gasteiger partial charge in [-0.05, 0) is 90.1 Å². The maximum atomic E-state index is 12.7. The van der Waals surface area contributed by atoms with Crippen LogP contribution in [0.5, 0.6) is 0 Å². The molecule has 5 rings (SSSR count). The van der Waals surface area contributed by atoms with Gasteiger partial charge in [0.05, 0.1) is 63.3 Å². The number of sulfonamides is 2. The zero-order valence-corrected chi connectivity index (χ0v) is 48.6. The van der Waals surface area contributed by atoms with Crippen LogP contribution in [-0.4, -0.2) is 69.5 Å². The molecule has 0 aliphatic heterocycles. The minimum atomic E-state index is -4.19. The predicted molar refractivity (Wildman–Crippen MR) is 240 cm³/mol. The monoisotopic (exact) mass is 1110 g/mol. The maximum Gasteiger partial charge on any atom is 1.00 e. The van der Waals surface area contributed by atoms with E-state index in [0.29, 0.717) is 17.2 Å². The van der Waals surface area contributed by atoms with E-state index in [-0.39, 0.29) is 168 Å². The molecule has 0 radical (unpaired) electrons. The van der Waals surface area contributed by atoms with Gasteiger partial charge in [0.15, 0.2) is 6.07 Å². The molecule has 3 aromatic heterocycles. The minimum absolute atomic E-state index is 0. The van der Waals surface area contributed by atoms with Crippen molar-refractivity contribution in [3.05, 3.63) is 112 Å². The van der Waals surface area contributed by atoms with Gasteiger partial charge in [0, 0.05) is 18.1 Å². The average molecular weight is 1120 g/mol. The Hall–Kier alpha value is -2.72. The van der Waals surface area contributed by atoms with Gasteiger partial charge in [-0.1, -0.05) is 34.8 Å². The van der Waals surface area contributed by atoms with E-state index in [2.05, 4.69) is 25.2 Å². The molecule has 368 valence electrons. The Balaban J connectivity index is 0. The second-order valence-electron chi connectivity index (χ2n) is 15.1. The van der Waals surface area contributed by atoms with Crippen molar-refractivity contribution < 1.29 is 178 Å². The molecule has 0 amide bonds. The van der Waals surface area contributed by atoms with Gasteiger partial charge in [0.1, 0.15) is 27.6 Å². The molecule has 69 heavy (non-hydrogen) atoms. The molecule has 6 N–H and O–H groups in total. The third-order valence-electron chi connectivity index (χ3n) is 7.84. The summed E-state index contributed by atoms with van der Waals surface area (Å²) >= 11 is 17.2. The molecule has 0 atom stereocenters. The first kappa shape index (κ1) is 66.3. The molecule has 3 heterocycles. The van der Waals surface area contributed by atoms with Crippen molar-refractivity contribution in [1.82, 2.24) is 9.55 Å². The first-order valence-corrected chi connectivity index (χ1v) is 23.1. The number of aromatic nitrogens is 2. The van der Waals surface area contributed by atoms with Gasteiger partial charge in [-0.2, -0.15) is 0 Å². The standard InChI is InChI=1S/C18H21ClN2O7S.C15H13ClN4O4S.C6H11ClO2.CH2O3.2K.H/c1-18(2,3)17(23)28-10-27-16(22)12-7-15(29(20,24)25)13(19)8-14(12)21-9-11-5-4-6-26-11;16-12-7-13(19-8-10-2-1-5-24-10)11(6-14(12)25(17,22)23)15(21)20-4-3-18-9-20;1-6(2,3)5(8)9-4-7;2-1-4-3;;;/h4-8,21H,9-10H2,1-3H3,(H2,20,24,25);1-7,9,19H,8H2,(H2,17,22,23);4H2,1-3H3;1,3H;;;/q;;;;2*+1;-1/p-1. The SMILES string of the molecule is CC(C)(C)C(=O)OCCl.CC(C)(C)C(=O)OCOC(=O)c1cc(S(N)(=O)=O)c(Cl)cc1NCc1ccco1.NS(=O)(=O)c1cc(C(=O)n2ccnc2)c(NCc2ccco2)cc1Cl.O=CO[O-].[H-].[K+].[K+]. The van der Waals surface area contributed by atoms with E-state index < -0.39 is 60.4 Å². The van der Waals surface area contributed by atoms with Gasteiger partial charge in [-0.15, -0.1) is 0 Å². The molecule has 0 unspecified atom stereocenters. The van der Waals surface area contributed by atoms with Crippen molar-refractivity contribution in [2.24, 2.45) is 21.1 Å². The number of carbonyl (C=O) groups is 5. The fraction of sp³-hybridized carbons (Fsp3) is 0.300. The fourth-order valence-electron chi connectivity index (χ4n) is 4.59. The van der Waals surface area contributed by atoms with Crippen LogP contribution in [0.1, 0.15) is 75.2 Å². The van der Waals surface area contributed by atoms with Gasteiger partial charge < -0.3 is 45.2 Å². The molecule has 5 aromatic rings. The second-order valence-corrected chi connectivity index (χ2v) is 19.2. The molecular formula is C40H47Cl3K2N6O16S2. The molecule has 0 fully saturated rings. The predicted octanol–water partition coefficient (Wildman–Crippen LogP) is -0.699. The molecule has 0 aliphatic rings. The Morgan fingerprint density at radius 1 is 0.783 bits per heavy atom. The van der Waals surface area contributed by atoms with E-state index in [1.165, 1.54) is 47.9 Å². The third kappa shape index (κ3) is 23.1. The molecular weight excluding hydrogens is 1070 g/mol. The Labute approximate surface area is 499 Å². The van der Waals surface area contributed by atoms with Crippen molar-refractivity contribution in [3.8, 4) is 0 Å². The Bertz CT molecular complexity index is 2670. The first-order chi connectivity index (χ1) is 31.1. The van der Waals surface area contributed by atoms with Crippen LogP contribution in [0.25, 0.3) is 0 Å². The number of carbonyl (C=O) groups excluding carboxylic acids is 5. The van der Waals surface area contributed by atoms with Crippen molar-refractivity contribution >= 4 is 96.5 Å². The number of halogens is 3. The number of alkyl halides is 1. The van der Waals surface area contributed by atoms with Crippen LogP contribution in [0.4, 0.5) is 11.4 Å². The Morgan fingerprint density at radius 2 is 1.22 bits per heavy atom. The van der Waals surface area contributed by atoms with Gasteiger partial charge in [-0.25, -0.2) is 36.9 Å². The Morgan fingerprint density at radius 3 is 1.57 bits per heavy atom. The van der Waals surface area contributed by atoms with E-state index in [0.717, 1.165) is 12.1 Å². The molecule has 0 saturated carbocycles. The molecule has 2 aromatic carbocycles. The summed E-state index contributed by atoms with van der Waals surface area (Å²) in [7, 11) is -8.28. The van der Waals surface area contributed by atoms with Crippen LogP contribution in [-0.2, 0) is 66.6 Å². The van der Waals surface area contributed by atoms with Crippen LogP contribution < -0.4 is 129 Å². The third-order valence-corrected chi connectivity index (χ3v) is 10.7. The van der Waals surface area contributed by atoms with E-state index >= 15 is 0 Å². The van der Waals surface area contributed by atoms with Crippen LogP contribution in [0, 0.1) is 10.8 Å². The number of furan rings is 2. The fourth-order valence-corrected chi connectivity index (χ4v) is 6.88. The summed E-state index contributed by atoms with van der Waals surface area (Å²) < 4.78 is 72.9. The van der Waals surface area contributed by atoms with E-state index in [9.17, 15) is 36.0 Å². The number of esters is 3. The minimum Gasteiger partial charge on any atom is -1.00 e. The summed E-state index contributed by atoms with van der Waals surface area (Å²) in [5.41, 5.74) is -0.758. The summed E-state index contributed by atoms with van der Waals surface area (Å²) in [6.07, 6.45) is 7.19. The average Bonchev–Trinajstić information content (AvgIpc) is 4.07. The molecule has 0 spiro atoms. The topological polar surface area (TPSA) is 334 Å². The summed E-state index contributed by atoms with van der Waals surface area (Å²) in [6.45, 7) is 9.92. The van der Waals surface area contributed by atoms with E-state index in [1.54, 1.807) is 65.8 Å². The summed E-state index contributed by atoms with van der Waals surface area (Å²) in [5, 5.41) is 24.4. The van der Waals surface area contributed by atoms with Crippen molar-refractivity contribution in [3.63, 3.8) is 0 Å². The van der Waals surface area contributed by atoms with Crippen LogP contribution in [0.15, 0.2) is 98.4 Å². The largest absolute Gasteiger partial charge is 1.00 e. The number of hydrogen-bond donors (Lipinski definition) is 4. The van der Waals surface area contributed by atoms with E-state index in [1.807, 2.05) is 0 Å². The number of ether oxygens (including phenoxy) is 3. The van der Waals surface area contributed by atoms with Crippen molar-refractivity contribution in [2.45, 2.75) is 64.4 Å². The number of primary sulfonamides is 2. The first-order valence-electron chi connectivity index (χ1n) is 18.7. The number of imidazole rings is 1. The molecule has 0 bridgehead atoms. The molecule has 0 aliphatic carbocycles. The van der Waals surface area contributed by atoms with Gasteiger partial charge in [0.2, 0.25) is 26.8 Å². The maximum absolute atomic E-state index is 12.7. The molecule has 29 heteroatoms. The number of nitrogens with one attached hydrogen (secondary N) is 2. The number of hydrogen-bond acceptors (Lipinski definition) is 19. The van der Waals surface area contributed by atoms with Gasteiger partial charge in [0.25, 0.3) is 12.4 Å². The smallest absolute Gasteiger partial charge is 1.00 e. The normalized spacial score (nSPS) is 10.8. The molecule has 0 saturated heterocycles. The number of benzene rings is 2. The van der Waals surface area contributed by atoms with Crippen LogP contribution in [0.2, 0.25) is 10.0 Å². The van der Waals surface area contributed by atoms with Crippen LogP contribution >= 0.6 is 34.8 Å². The van der Waals surface area contributed by atoms with Gasteiger partial charge in [-0.3, -0.25) is 23.7 Å². The zero-order chi connectivity index (χ0) is 50.8.